The van der Waals surface area contributed by atoms with Gasteiger partial charge in [0.1, 0.15) is 0 Å². The lowest BCUT2D eigenvalue weighted by atomic mass is 9.99. The van der Waals surface area contributed by atoms with Crippen molar-refractivity contribution in [1.82, 2.24) is 10.2 Å². The Bertz CT molecular complexity index is 572. The summed E-state index contributed by atoms with van der Waals surface area (Å²) in [5.74, 6) is -1.49. The molecule has 0 spiro atoms. The smallest absolute Gasteiger partial charge is 0.416 e. The van der Waals surface area contributed by atoms with Crippen LogP contribution in [-0.4, -0.2) is 35.1 Å². The van der Waals surface area contributed by atoms with E-state index < -0.39 is 29.7 Å². The summed E-state index contributed by atoms with van der Waals surface area (Å²) < 4.78 is 37.4. The molecular weight excluding hydrogens is 313 g/mol. The summed E-state index contributed by atoms with van der Waals surface area (Å²) >= 11 is 0. The number of rotatable bonds is 3. The Balaban J connectivity index is 1.88. The van der Waals surface area contributed by atoms with Crippen LogP contribution in [0.1, 0.15) is 24.0 Å². The molecule has 1 unspecified atom stereocenters. The van der Waals surface area contributed by atoms with Gasteiger partial charge in [-0.2, -0.15) is 13.2 Å². The fourth-order valence-electron chi connectivity index (χ4n) is 2.46. The van der Waals surface area contributed by atoms with E-state index in [1.807, 2.05) is 0 Å². The molecule has 1 atom stereocenters. The minimum absolute atomic E-state index is 0.0885. The van der Waals surface area contributed by atoms with Crippen molar-refractivity contribution in [3.8, 4) is 0 Å². The number of amides is 2. The number of piperidine rings is 1. The van der Waals surface area contributed by atoms with E-state index in [2.05, 4.69) is 5.32 Å². The molecule has 1 aromatic rings. The average molecular weight is 330 g/mol. The zero-order chi connectivity index (χ0) is 17.0. The van der Waals surface area contributed by atoms with E-state index in [0.29, 0.717) is 24.9 Å². The largest absolute Gasteiger partial charge is 0.481 e. The number of halogens is 3. The quantitative estimate of drug-likeness (QED) is 0.895. The number of carboxylic acid groups (broad SMARTS) is 1. The first kappa shape index (κ1) is 17.1. The Hall–Kier alpha value is -2.25. The van der Waals surface area contributed by atoms with Crippen molar-refractivity contribution in [3.63, 3.8) is 0 Å². The topological polar surface area (TPSA) is 69.6 Å². The van der Waals surface area contributed by atoms with Gasteiger partial charge in [0, 0.05) is 19.6 Å². The Morgan fingerprint density at radius 2 is 1.91 bits per heavy atom. The van der Waals surface area contributed by atoms with Gasteiger partial charge in [0.2, 0.25) is 0 Å². The number of hydrogen-bond donors (Lipinski definition) is 2. The summed E-state index contributed by atoms with van der Waals surface area (Å²) in [5.41, 5.74) is -0.203. The van der Waals surface area contributed by atoms with Gasteiger partial charge in [0.15, 0.2) is 0 Å². The van der Waals surface area contributed by atoms with Crippen LogP contribution < -0.4 is 5.32 Å². The molecule has 0 radical (unpaired) electrons. The van der Waals surface area contributed by atoms with Crippen LogP contribution in [0.5, 0.6) is 0 Å². The number of likely N-dealkylation sites (tertiary alicyclic amines) is 1. The predicted molar refractivity (Wildman–Crippen MR) is 75.6 cm³/mol. The molecule has 5 nitrogen and oxygen atoms in total. The highest BCUT2D eigenvalue weighted by Gasteiger charge is 2.30. The number of carbonyl (C=O) groups is 2. The minimum atomic E-state index is -4.39. The Labute approximate surface area is 131 Å². The fraction of sp³-hybridized carbons (Fsp3) is 0.467. The molecule has 1 saturated heterocycles. The summed E-state index contributed by atoms with van der Waals surface area (Å²) in [4.78, 5) is 24.4. The maximum atomic E-state index is 12.5. The van der Waals surface area contributed by atoms with Gasteiger partial charge in [-0.05, 0) is 30.5 Å². The average Bonchev–Trinajstić information content (AvgIpc) is 2.52. The Morgan fingerprint density at radius 3 is 2.48 bits per heavy atom. The molecule has 2 N–H and O–H groups in total. The molecule has 126 valence electrons. The molecule has 8 heteroatoms. The number of aliphatic carboxylic acids is 1. The third-order valence-corrected chi connectivity index (χ3v) is 3.78. The van der Waals surface area contributed by atoms with Crippen molar-refractivity contribution in [2.75, 3.05) is 13.1 Å². The normalized spacial score (nSPS) is 18.6. The number of benzene rings is 1. The van der Waals surface area contributed by atoms with E-state index >= 15 is 0 Å². The molecule has 1 aromatic carbocycles. The summed E-state index contributed by atoms with van der Waals surface area (Å²) in [7, 11) is 0. The van der Waals surface area contributed by atoms with E-state index in [9.17, 15) is 22.8 Å². The lowest BCUT2D eigenvalue weighted by molar-refractivity contribution is -0.143. The van der Waals surface area contributed by atoms with E-state index in [-0.39, 0.29) is 13.1 Å². The molecule has 0 saturated carbocycles. The van der Waals surface area contributed by atoms with Gasteiger partial charge in [0.25, 0.3) is 0 Å². The standard InChI is InChI=1S/C15H17F3N2O3/c16-15(17,18)12-5-3-10(4-6-12)8-19-14(23)20-7-1-2-11(9-20)13(21)22/h3-6,11H,1-2,7-9H2,(H,19,23)(H,21,22). The van der Waals surface area contributed by atoms with Crippen molar-refractivity contribution in [2.24, 2.45) is 5.92 Å². The second kappa shape index (κ2) is 6.89. The molecule has 0 bridgehead atoms. The third-order valence-electron chi connectivity index (χ3n) is 3.78. The molecular formula is C15H17F3N2O3. The van der Waals surface area contributed by atoms with Crippen molar-refractivity contribution < 1.29 is 27.9 Å². The van der Waals surface area contributed by atoms with Crippen molar-refractivity contribution >= 4 is 12.0 Å². The second-order valence-electron chi connectivity index (χ2n) is 5.48. The van der Waals surface area contributed by atoms with Crippen LogP contribution in [0.4, 0.5) is 18.0 Å². The van der Waals surface area contributed by atoms with Crippen LogP contribution in [0.2, 0.25) is 0 Å². The molecule has 0 aromatic heterocycles. The van der Waals surface area contributed by atoms with Crippen LogP contribution in [-0.2, 0) is 17.5 Å². The van der Waals surface area contributed by atoms with E-state index in [1.165, 1.54) is 17.0 Å². The van der Waals surface area contributed by atoms with E-state index in [4.69, 9.17) is 5.11 Å². The van der Waals surface area contributed by atoms with Crippen LogP contribution in [0, 0.1) is 5.92 Å². The van der Waals surface area contributed by atoms with E-state index in [1.54, 1.807) is 0 Å². The zero-order valence-electron chi connectivity index (χ0n) is 12.3. The predicted octanol–water partition coefficient (Wildman–Crippen LogP) is 2.71. The molecule has 1 aliphatic heterocycles. The van der Waals surface area contributed by atoms with Gasteiger partial charge in [-0.3, -0.25) is 4.79 Å². The summed E-state index contributed by atoms with van der Waals surface area (Å²) in [6.07, 6.45) is -3.23. The van der Waals surface area contributed by atoms with Crippen molar-refractivity contribution in [3.05, 3.63) is 35.4 Å². The maximum absolute atomic E-state index is 12.5. The highest BCUT2D eigenvalue weighted by atomic mass is 19.4. The Kier molecular flexibility index (Phi) is 5.12. The molecule has 23 heavy (non-hydrogen) atoms. The zero-order valence-corrected chi connectivity index (χ0v) is 12.3. The van der Waals surface area contributed by atoms with Crippen molar-refractivity contribution in [1.29, 1.82) is 0 Å². The van der Waals surface area contributed by atoms with Gasteiger partial charge >= 0.3 is 18.2 Å². The maximum Gasteiger partial charge on any atom is 0.416 e. The van der Waals surface area contributed by atoms with Gasteiger partial charge in [-0.1, -0.05) is 12.1 Å². The number of carbonyl (C=O) groups excluding carboxylic acids is 1. The summed E-state index contributed by atoms with van der Waals surface area (Å²) in [6.45, 7) is 0.710. The van der Waals surface area contributed by atoms with E-state index in [0.717, 1.165) is 12.1 Å². The number of nitrogens with one attached hydrogen (secondary N) is 1. The number of carboxylic acids is 1. The van der Waals surface area contributed by atoms with Crippen LogP contribution in [0.3, 0.4) is 0 Å². The lowest BCUT2D eigenvalue weighted by Crippen LogP contribution is -2.46. The van der Waals surface area contributed by atoms with Gasteiger partial charge < -0.3 is 15.3 Å². The van der Waals surface area contributed by atoms with Gasteiger partial charge in [0.05, 0.1) is 11.5 Å². The first-order valence-electron chi connectivity index (χ1n) is 7.19. The number of alkyl halides is 3. The van der Waals surface area contributed by atoms with Crippen LogP contribution >= 0.6 is 0 Å². The molecule has 0 aliphatic carbocycles. The number of hydrogen-bond acceptors (Lipinski definition) is 2. The lowest BCUT2D eigenvalue weighted by Gasteiger charge is -2.30. The number of nitrogens with zero attached hydrogens (tertiary/aromatic N) is 1. The fourth-order valence-corrected chi connectivity index (χ4v) is 2.46. The SMILES string of the molecule is O=C(O)C1CCCN(C(=O)NCc2ccc(C(F)(F)F)cc2)C1. The molecule has 1 fully saturated rings. The highest BCUT2D eigenvalue weighted by molar-refractivity contribution is 5.76. The number of urea groups is 1. The first-order chi connectivity index (χ1) is 10.8. The van der Waals surface area contributed by atoms with Gasteiger partial charge in [-0.15, -0.1) is 0 Å². The van der Waals surface area contributed by atoms with Crippen LogP contribution in [0.25, 0.3) is 0 Å². The molecule has 1 heterocycles. The highest BCUT2D eigenvalue weighted by Crippen LogP contribution is 2.29. The molecule has 2 rings (SSSR count). The molecule has 2 amide bonds. The summed E-state index contributed by atoms with van der Waals surface area (Å²) in [6, 6.07) is 4.13. The summed E-state index contributed by atoms with van der Waals surface area (Å²) in [5, 5.41) is 11.6. The first-order valence-corrected chi connectivity index (χ1v) is 7.19. The van der Waals surface area contributed by atoms with Crippen molar-refractivity contribution in [2.45, 2.75) is 25.6 Å². The molecule has 1 aliphatic rings. The Morgan fingerprint density at radius 1 is 1.26 bits per heavy atom. The monoisotopic (exact) mass is 330 g/mol. The van der Waals surface area contributed by atoms with Crippen LogP contribution in [0.15, 0.2) is 24.3 Å². The second-order valence-corrected chi connectivity index (χ2v) is 5.48. The van der Waals surface area contributed by atoms with Gasteiger partial charge in [-0.25, -0.2) is 4.79 Å². The third kappa shape index (κ3) is 4.61. The minimum Gasteiger partial charge on any atom is -0.481 e.